The van der Waals surface area contributed by atoms with Gasteiger partial charge in [-0.25, -0.2) is 4.39 Å². The number of hydrogen-bond donors (Lipinski definition) is 0. The van der Waals surface area contributed by atoms with Gasteiger partial charge in [0, 0.05) is 32.2 Å². The number of nitrogens with zero attached hydrogens (tertiary/aromatic N) is 3. The first-order valence-corrected chi connectivity index (χ1v) is 12.5. The minimum atomic E-state index is -0.734. The van der Waals surface area contributed by atoms with Crippen LogP contribution < -0.4 is 14.2 Å². The van der Waals surface area contributed by atoms with Crippen molar-refractivity contribution in [3.63, 3.8) is 0 Å². The number of ether oxygens (including phenoxy) is 3. The smallest absolute Gasteiger partial charge is 0.264 e. The maximum atomic E-state index is 13.7. The topological polar surface area (TPSA) is 54.5 Å². The summed E-state index contributed by atoms with van der Waals surface area (Å²) in [7, 11) is 7.20. The van der Waals surface area contributed by atoms with E-state index in [9.17, 15) is 9.18 Å². The maximum absolute atomic E-state index is 13.7. The molecule has 1 atom stereocenters. The highest BCUT2D eigenvalue weighted by Crippen LogP contribution is 2.28. The molecule has 1 heterocycles. The molecular formula is C28H40FN3O4. The molecule has 2 aromatic carbocycles. The molecule has 0 aliphatic carbocycles. The lowest BCUT2D eigenvalue weighted by Crippen LogP contribution is -2.52. The molecule has 198 valence electrons. The van der Waals surface area contributed by atoms with E-state index >= 15 is 0 Å². The van der Waals surface area contributed by atoms with E-state index in [0.717, 1.165) is 31.5 Å². The number of piperidine rings is 1. The van der Waals surface area contributed by atoms with Crippen molar-refractivity contribution in [2.24, 2.45) is 0 Å². The number of methoxy groups -OCH3 is 2. The normalized spacial score (nSPS) is 15.7. The van der Waals surface area contributed by atoms with E-state index in [-0.39, 0.29) is 23.8 Å². The van der Waals surface area contributed by atoms with Gasteiger partial charge in [-0.05, 0) is 88.8 Å². The number of hydrogen-bond acceptors (Lipinski definition) is 6. The Labute approximate surface area is 214 Å². The Kier molecular flexibility index (Phi) is 9.96. The highest BCUT2D eigenvalue weighted by molar-refractivity contribution is 5.81. The summed E-state index contributed by atoms with van der Waals surface area (Å²) in [5.74, 6) is 1.40. The highest BCUT2D eigenvalue weighted by atomic mass is 19.1. The van der Waals surface area contributed by atoms with Crippen molar-refractivity contribution in [3.05, 3.63) is 53.8 Å². The molecule has 1 fully saturated rings. The van der Waals surface area contributed by atoms with Gasteiger partial charge in [-0.15, -0.1) is 0 Å². The number of carbonyl (C=O) groups excluding carboxylic acids is 1. The Bertz CT molecular complexity index is 977. The number of halogens is 1. The molecule has 1 aliphatic rings. The number of carbonyl (C=O) groups is 1. The molecule has 7 nitrogen and oxygen atoms in total. The average Bonchev–Trinajstić information content (AvgIpc) is 2.88. The van der Waals surface area contributed by atoms with E-state index in [2.05, 4.69) is 30.7 Å². The van der Waals surface area contributed by atoms with Crippen LogP contribution in [0.2, 0.25) is 0 Å². The molecular weight excluding hydrogens is 461 g/mol. The third-order valence-corrected chi connectivity index (χ3v) is 6.92. The molecule has 1 unspecified atom stereocenters. The summed E-state index contributed by atoms with van der Waals surface area (Å²) >= 11 is 0. The molecule has 0 aromatic heterocycles. The third kappa shape index (κ3) is 7.34. The zero-order valence-electron chi connectivity index (χ0n) is 22.4. The molecule has 0 saturated carbocycles. The lowest BCUT2D eigenvalue weighted by atomic mass is 10.0. The van der Waals surface area contributed by atoms with Crippen LogP contribution in [0, 0.1) is 5.82 Å². The Morgan fingerprint density at radius 1 is 1.06 bits per heavy atom. The summed E-state index contributed by atoms with van der Waals surface area (Å²) in [6.45, 7) is 7.11. The number of likely N-dealkylation sites (N-methyl/N-ethyl adjacent to an activating group) is 1. The van der Waals surface area contributed by atoms with Gasteiger partial charge in [-0.1, -0.05) is 6.07 Å². The molecule has 1 aliphatic heterocycles. The summed E-state index contributed by atoms with van der Waals surface area (Å²) in [6.07, 6.45) is 1.13. The molecule has 0 radical (unpaired) electrons. The molecule has 1 saturated heterocycles. The Balaban J connectivity index is 1.82. The Hall–Kier alpha value is -2.84. The van der Waals surface area contributed by atoms with Gasteiger partial charge >= 0.3 is 0 Å². The fourth-order valence-electron chi connectivity index (χ4n) is 4.52. The molecule has 8 heteroatoms. The molecule has 1 amide bonds. The van der Waals surface area contributed by atoms with E-state index in [1.54, 1.807) is 26.4 Å². The number of amides is 1. The minimum absolute atomic E-state index is 0.0631. The van der Waals surface area contributed by atoms with Crippen LogP contribution in [-0.2, 0) is 11.3 Å². The predicted molar refractivity (Wildman–Crippen MR) is 139 cm³/mol. The van der Waals surface area contributed by atoms with Gasteiger partial charge in [-0.3, -0.25) is 9.69 Å². The first-order valence-electron chi connectivity index (χ1n) is 12.5. The van der Waals surface area contributed by atoms with Crippen molar-refractivity contribution in [2.75, 3.05) is 47.9 Å². The quantitative estimate of drug-likeness (QED) is 0.463. The second-order valence-electron chi connectivity index (χ2n) is 9.76. The number of rotatable bonds is 11. The zero-order chi connectivity index (χ0) is 26.2. The lowest BCUT2D eigenvalue weighted by molar-refractivity contribution is -0.141. The zero-order valence-corrected chi connectivity index (χ0v) is 22.4. The molecule has 0 N–H and O–H groups in total. The Morgan fingerprint density at radius 3 is 2.28 bits per heavy atom. The molecule has 2 aromatic rings. The van der Waals surface area contributed by atoms with Crippen molar-refractivity contribution < 1.29 is 23.4 Å². The summed E-state index contributed by atoms with van der Waals surface area (Å²) in [6, 6.07) is 12.0. The fraction of sp³-hybridized carbons (Fsp3) is 0.536. The lowest BCUT2D eigenvalue weighted by Gasteiger charge is -2.38. The molecule has 36 heavy (non-hydrogen) atoms. The molecule has 3 rings (SSSR count). The second kappa shape index (κ2) is 12.9. The Morgan fingerprint density at radius 2 is 1.69 bits per heavy atom. The van der Waals surface area contributed by atoms with Crippen molar-refractivity contribution >= 4 is 5.91 Å². The largest absolute Gasteiger partial charge is 0.493 e. The number of benzene rings is 2. The SMILES string of the molecule is COc1ccc(CN(CC(Oc2ccc(F)cc2)C(=O)N(C)C2CCN(C)CC2)C(C)C)cc1OC. The van der Waals surface area contributed by atoms with Crippen LogP contribution in [0.15, 0.2) is 42.5 Å². The van der Waals surface area contributed by atoms with Gasteiger partial charge < -0.3 is 24.0 Å². The first-order chi connectivity index (χ1) is 17.2. The summed E-state index contributed by atoms with van der Waals surface area (Å²) in [4.78, 5) is 20.1. The van der Waals surface area contributed by atoms with Crippen molar-refractivity contribution in [1.29, 1.82) is 0 Å². The van der Waals surface area contributed by atoms with Crippen LogP contribution in [0.3, 0.4) is 0 Å². The van der Waals surface area contributed by atoms with Crippen LogP contribution in [0.25, 0.3) is 0 Å². The second-order valence-corrected chi connectivity index (χ2v) is 9.76. The summed E-state index contributed by atoms with van der Waals surface area (Å²) < 4.78 is 30.5. The van der Waals surface area contributed by atoms with Crippen LogP contribution in [0.4, 0.5) is 4.39 Å². The minimum Gasteiger partial charge on any atom is -0.493 e. The van der Waals surface area contributed by atoms with Gasteiger partial charge in [0.2, 0.25) is 0 Å². The van der Waals surface area contributed by atoms with Crippen molar-refractivity contribution in [3.8, 4) is 17.2 Å². The summed E-state index contributed by atoms with van der Waals surface area (Å²) in [5.41, 5.74) is 1.04. The van der Waals surface area contributed by atoms with Crippen molar-refractivity contribution in [1.82, 2.24) is 14.7 Å². The summed E-state index contributed by atoms with van der Waals surface area (Å²) in [5, 5.41) is 0. The van der Waals surface area contributed by atoms with Gasteiger partial charge in [0.1, 0.15) is 11.6 Å². The monoisotopic (exact) mass is 501 g/mol. The van der Waals surface area contributed by atoms with Gasteiger partial charge in [0.05, 0.1) is 14.2 Å². The van der Waals surface area contributed by atoms with Crippen LogP contribution >= 0.6 is 0 Å². The van der Waals surface area contributed by atoms with E-state index in [1.807, 2.05) is 30.1 Å². The predicted octanol–water partition coefficient (Wildman–Crippen LogP) is 4.05. The maximum Gasteiger partial charge on any atom is 0.264 e. The molecule has 0 bridgehead atoms. The van der Waals surface area contributed by atoms with Gasteiger partial charge in [0.15, 0.2) is 17.6 Å². The third-order valence-electron chi connectivity index (χ3n) is 6.92. The van der Waals surface area contributed by atoms with Crippen LogP contribution in [0.5, 0.6) is 17.2 Å². The average molecular weight is 502 g/mol. The molecule has 0 spiro atoms. The van der Waals surface area contributed by atoms with Crippen LogP contribution in [-0.4, -0.2) is 86.7 Å². The first kappa shape index (κ1) is 27.7. The fourth-order valence-corrected chi connectivity index (χ4v) is 4.52. The van der Waals surface area contributed by atoms with Gasteiger partial charge in [-0.2, -0.15) is 0 Å². The van der Waals surface area contributed by atoms with E-state index in [1.165, 1.54) is 12.1 Å². The number of likely N-dealkylation sites (tertiary alicyclic amines) is 1. The van der Waals surface area contributed by atoms with Gasteiger partial charge in [0.25, 0.3) is 5.91 Å². The highest BCUT2D eigenvalue weighted by Gasteiger charge is 2.32. The van der Waals surface area contributed by atoms with E-state index in [0.29, 0.717) is 30.3 Å². The van der Waals surface area contributed by atoms with E-state index < -0.39 is 6.10 Å². The van der Waals surface area contributed by atoms with Crippen molar-refractivity contribution in [2.45, 2.75) is 51.4 Å². The van der Waals surface area contributed by atoms with E-state index in [4.69, 9.17) is 14.2 Å². The standard InChI is InChI=1S/C28H40FN3O4/c1-20(2)32(18-21-7-12-25(34-5)26(17-21)35-6)19-27(36-24-10-8-22(29)9-11-24)28(33)31(4)23-13-15-30(3)16-14-23/h7-12,17,20,23,27H,13-16,18-19H2,1-6H3. The van der Waals surface area contributed by atoms with Crippen LogP contribution in [0.1, 0.15) is 32.3 Å².